The molecule has 5 nitrogen and oxygen atoms in total. The molecule has 0 fully saturated rings. The lowest BCUT2D eigenvalue weighted by Gasteiger charge is -2.13. The largest absolute Gasteiger partial charge is 0.272 e. The van der Waals surface area contributed by atoms with E-state index in [1.165, 1.54) is 5.01 Å². The number of carbonyl (C=O) groups excluding carboxylic acids is 1. The molecule has 20 heavy (non-hydrogen) atoms. The summed E-state index contributed by atoms with van der Waals surface area (Å²) >= 11 is 0. The molecule has 2 heterocycles. The predicted octanol–water partition coefficient (Wildman–Crippen LogP) is 3.01. The van der Waals surface area contributed by atoms with E-state index >= 15 is 0 Å². The van der Waals surface area contributed by atoms with Gasteiger partial charge in [0.15, 0.2) is 0 Å². The number of amides is 1. The Bertz CT molecular complexity index is 518. The number of rotatable bonds is 5. The summed E-state index contributed by atoms with van der Waals surface area (Å²) in [6.45, 7) is 7.87. The second-order valence-electron chi connectivity index (χ2n) is 5.39. The number of carbonyl (C=O) groups is 1. The Kier molecular flexibility index (Phi) is 4.47. The Morgan fingerprint density at radius 1 is 1.15 bits per heavy atom. The molecule has 1 aromatic heterocycles. The Balaban J connectivity index is 2.16. The van der Waals surface area contributed by atoms with Crippen LogP contribution >= 0.6 is 0 Å². The normalized spacial score (nSPS) is 18.6. The molecule has 0 N–H and O–H groups in total. The molecule has 1 amide bonds. The van der Waals surface area contributed by atoms with Crippen LogP contribution in [0.15, 0.2) is 11.2 Å². The molecule has 1 aromatic rings. The summed E-state index contributed by atoms with van der Waals surface area (Å²) in [5, 5.41) is 5.72. The van der Waals surface area contributed by atoms with Gasteiger partial charge in [0, 0.05) is 17.1 Å². The summed E-state index contributed by atoms with van der Waals surface area (Å²) < 4.78 is 0. The third kappa shape index (κ3) is 3.03. The molecule has 0 saturated carbocycles. The van der Waals surface area contributed by atoms with Crippen molar-refractivity contribution in [2.75, 3.05) is 5.01 Å². The minimum atomic E-state index is -0.106. The van der Waals surface area contributed by atoms with E-state index in [9.17, 15) is 4.79 Å². The van der Waals surface area contributed by atoms with Crippen LogP contribution in [-0.2, 0) is 4.79 Å². The standard InChI is InChI=1S/C15H22N4O/c1-5-6-7-8-13-12(4)18-19(14(13)20)15-16-10(2)9-11(3)17-15/h9,13H,5-8H2,1-4H3/t13-/m0/s1. The number of aromatic nitrogens is 2. The van der Waals surface area contributed by atoms with Crippen LogP contribution in [0.5, 0.6) is 0 Å². The molecule has 0 radical (unpaired) electrons. The number of hydrogen-bond acceptors (Lipinski definition) is 4. The highest BCUT2D eigenvalue weighted by Gasteiger charge is 2.35. The first-order chi connectivity index (χ1) is 9.52. The maximum Gasteiger partial charge on any atom is 0.258 e. The Hall–Kier alpha value is -1.78. The minimum Gasteiger partial charge on any atom is -0.272 e. The van der Waals surface area contributed by atoms with E-state index in [0.29, 0.717) is 5.95 Å². The van der Waals surface area contributed by atoms with E-state index in [1.807, 2.05) is 26.8 Å². The van der Waals surface area contributed by atoms with Gasteiger partial charge in [-0.15, -0.1) is 0 Å². The van der Waals surface area contributed by atoms with Gasteiger partial charge in [0.05, 0.1) is 5.92 Å². The van der Waals surface area contributed by atoms with Gasteiger partial charge in [-0.2, -0.15) is 10.1 Å². The van der Waals surface area contributed by atoms with Crippen LogP contribution in [-0.4, -0.2) is 21.6 Å². The highest BCUT2D eigenvalue weighted by Crippen LogP contribution is 2.25. The van der Waals surface area contributed by atoms with Crippen molar-refractivity contribution < 1.29 is 4.79 Å². The van der Waals surface area contributed by atoms with E-state index in [2.05, 4.69) is 22.0 Å². The van der Waals surface area contributed by atoms with E-state index in [-0.39, 0.29) is 11.8 Å². The lowest BCUT2D eigenvalue weighted by molar-refractivity contribution is -0.120. The average Bonchev–Trinajstić information content (AvgIpc) is 2.65. The minimum absolute atomic E-state index is 0.00334. The summed E-state index contributed by atoms with van der Waals surface area (Å²) in [5.41, 5.74) is 2.57. The fourth-order valence-electron chi connectivity index (χ4n) is 2.48. The van der Waals surface area contributed by atoms with Gasteiger partial charge in [0.1, 0.15) is 0 Å². The quantitative estimate of drug-likeness (QED) is 0.775. The molecule has 0 aromatic carbocycles. The highest BCUT2D eigenvalue weighted by atomic mass is 16.2. The van der Waals surface area contributed by atoms with Gasteiger partial charge in [-0.3, -0.25) is 4.79 Å². The summed E-state index contributed by atoms with van der Waals surface area (Å²) in [6, 6.07) is 1.89. The molecular weight excluding hydrogens is 252 g/mol. The summed E-state index contributed by atoms with van der Waals surface area (Å²) in [5.74, 6) is 0.291. The fraction of sp³-hybridized carbons (Fsp3) is 0.600. The number of anilines is 1. The molecule has 0 aliphatic carbocycles. The number of unbranched alkanes of at least 4 members (excludes halogenated alkanes) is 2. The molecular formula is C15H22N4O. The number of hydrazone groups is 1. The molecule has 0 unspecified atom stereocenters. The van der Waals surface area contributed by atoms with E-state index < -0.39 is 0 Å². The molecule has 2 rings (SSSR count). The van der Waals surface area contributed by atoms with Gasteiger partial charge >= 0.3 is 0 Å². The fourth-order valence-corrected chi connectivity index (χ4v) is 2.48. The van der Waals surface area contributed by atoms with Gasteiger partial charge in [-0.1, -0.05) is 26.2 Å². The number of aryl methyl sites for hydroxylation is 2. The summed E-state index contributed by atoms with van der Waals surface area (Å²) in [4.78, 5) is 21.1. The van der Waals surface area contributed by atoms with Crippen molar-refractivity contribution in [2.24, 2.45) is 11.0 Å². The topological polar surface area (TPSA) is 58.5 Å². The molecule has 5 heteroatoms. The predicted molar refractivity (Wildman–Crippen MR) is 79.7 cm³/mol. The average molecular weight is 274 g/mol. The second kappa shape index (κ2) is 6.11. The number of hydrogen-bond donors (Lipinski definition) is 0. The first-order valence-corrected chi connectivity index (χ1v) is 7.24. The van der Waals surface area contributed by atoms with Crippen LogP contribution in [0.2, 0.25) is 0 Å². The van der Waals surface area contributed by atoms with Crippen LogP contribution in [0.4, 0.5) is 5.95 Å². The molecule has 0 spiro atoms. The monoisotopic (exact) mass is 274 g/mol. The molecule has 1 aliphatic rings. The van der Waals surface area contributed by atoms with Crippen molar-refractivity contribution in [1.82, 2.24) is 9.97 Å². The lowest BCUT2D eigenvalue weighted by atomic mass is 9.97. The van der Waals surface area contributed by atoms with Crippen LogP contribution < -0.4 is 5.01 Å². The smallest absolute Gasteiger partial charge is 0.258 e. The van der Waals surface area contributed by atoms with Crippen LogP contribution in [0.3, 0.4) is 0 Å². The molecule has 1 aliphatic heterocycles. The second-order valence-corrected chi connectivity index (χ2v) is 5.39. The molecule has 1 atom stereocenters. The van der Waals surface area contributed by atoms with Crippen molar-refractivity contribution >= 4 is 17.6 Å². The molecule has 0 saturated heterocycles. The molecule has 0 bridgehead atoms. The van der Waals surface area contributed by atoms with Crippen molar-refractivity contribution in [3.05, 3.63) is 17.5 Å². The van der Waals surface area contributed by atoms with Crippen LogP contribution in [0.1, 0.15) is 50.9 Å². The zero-order valence-corrected chi connectivity index (χ0v) is 12.7. The zero-order chi connectivity index (χ0) is 14.7. The summed E-state index contributed by atoms with van der Waals surface area (Å²) in [7, 11) is 0. The van der Waals surface area contributed by atoms with Crippen molar-refractivity contribution in [1.29, 1.82) is 0 Å². The third-order valence-electron chi connectivity index (χ3n) is 3.53. The first kappa shape index (κ1) is 14.6. The SMILES string of the molecule is CCCCC[C@@H]1C(=O)N(c2nc(C)cc(C)n2)N=C1C. The third-order valence-corrected chi connectivity index (χ3v) is 3.53. The van der Waals surface area contributed by atoms with Gasteiger partial charge in [-0.05, 0) is 33.3 Å². The maximum absolute atomic E-state index is 12.5. The summed E-state index contributed by atoms with van der Waals surface area (Å²) in [6.07, 6.45) is 4.22. The van der Waals surface area contributed by atoms with Crippen molar-refractivity contribution in [3.8, 4) is 0 Å². The Labute approximate surface area is 120 Å². The zero-order valence-electron chi connectivity index (χ0n) is 12.7. The van der Waals surface area contributed by atoms with E-state index in [1.54, 1.807) is 0 Å². The van der Waals surface area contributed by atoms with Crippen molar-refractivity contribution in [3.63, 3.8) is 0 Å². The van der Waals surface area contributed by atoms with Crippen molar-refractivity contribution in [2.45, 2.75) is 53.4 Å². The first-order valence-electron chi connectivity index (χ1n) is 7.24. The lowest BCUT2D eigenvalue weighted by Crippen LogP contribution is -2.28. The van der Waals surface area contributed by atoms with Crippen LogP contribution in [0, 0.1) is 19.8 Å². The highest BCUT2D eigenvalue weighted by molar-refractivity contribution is 6.14. The maximum atomic E-state index is 12.5. The van der Waals surface area contributed by atoms with Crippen LogP contribution in [0.25, 0.3) is 0 Å². The Morgan fingerprint density at radius 3 is 2.40 bits per heavy atom. The van der Waals surface area contributed by atoms with Gasteiger partial charge in [0.2, 0.25) is 0 Å². The van der Waals surface area contributed by atoms with E-state index in [0.717, 1.165) is 42.8 Å². The van der Waals surface area contributed by atoms with Gasteiger partial charge in [0.25, 0.3) is 11.9 Å². The van der Waals surface area contributed by atoms with Gasteiger partial charge < -0.3 is 0 Å². The molecule has 108 valence electrons. The Morgan fingerprint density at radius 2 is 1.80 bits per heavy atom. The van der Waals surface area contributed by atoms with E-state index in [4.69, 9.17) is 0 Å². The number of nitrogens with zero attached hydrogens (tertiary/aromatic N) is 4. The van der Waals surface area contributed by atoms with Gasteiger partial charge in [-0.25, -0.2) is 9.97 Å².